The molecule has 1 heterocycles. The third-order valence-electron chi connectivity index (χ3n) is 3.40. The fourth-order valence-corrected chi connectivity index (χ4v) is 2.12. The summed E-state index contributed by atoms with van der Waals surface area (Å²) in [5.41, 5.74) is 0. The Bertz CT molecular complexity index is 260. The van der Waals surface area contributed by atoms with Crippen LogP contribution in [0, 0.1) is 0 Å². The van der Waals surface area contributed by atoms with Crippen molar-refractivity contribution >= 4 is 14.4 Å². The van der Waals surface area contributed by atoms with Gasteiger partial charge in [0.2, 0.25) is 0 Å². The highest BCUT2D eigenvalue weighted by Gasteiger charge is 2.43. The van der Waals surface area contributed by atoms with Crippen molar-refractivity contribution in [3.63, 3.8) is 0 Å². The number of hydrogen-bond acceptors (Lipinski definition) is 2. The summed E-state index contributed by atoms with van der Waals surface area (Å²) in [4.78, 5) is 12.0. The second kappa shape index (κ2) is 3.79. The van der Waals surface area contributed by atoms with Crippen molar-refractivity contribution in [2.45, 2.75) is 44.9 Å². The van der Waals surface area contributed by atoms with Gasteiger partial charge in [-0.25, -0.2) is 4.79 Å². The van der Waals surface area contributed by atoms with E-state index in [0.717, 1.165) is 0 Å². The largest absolute Gasteiger partial charge is 0.465 e. The molecule has 0 aromatic rings. The van der Waals surface area contributed by atoms with E-state index < -0.39 is 14.4 Å². The van der Waals surface area contributed by atoms with Crippen LogP contribution in [0.1, 0.15) is 20.8 Å². The van der Waals surface area contributed by atoms with Crippen LogP contribution in [0.4, 0.5) is 4.79 Å². The molecule has 0 spiro atoms. The van der Waals surface area contributed by atoms with Crippen LogP contribution >= 0.6 is 0 Å². The van der Waals surface area contributed by atoms with Crippen molar-refractivity contribution in [3.05, 3.63) is 0 Å². The van der Waals surface area contributed by atoms with Gasteiger partial charge < -0.3 is 9.53 Å². The van der Waals surface area contributed by atoms with Gasteiger partial charge in [0, 0.05) is 6.54 Å². The maximum absolute atomic E-state index is 10.6. The Labute approximate surface area is 92.4 Å². The Hall–Kier alpha value is -0.553. The standard InChI is InChI=1S/C10H21NO3Si/c1-10(2,3)15(4,5)14-7-8-6-11(8)9(12)13/h8H,6-7H2,1-5H3,(H,12,13). The molecule has 88 valence electrons. The van der Waals surface area contributed by atoms with Gasteiger partial charge in [-0.05, 0) is 18.1 Å². The first kappa shape index (κ1) is 12.5. The smallest absolute Gasteiger partial charge is 0.407 e. The lowest BCUT2D eigenvalue weighted by Crippen LogP contribution is -2.42. The lowest BCUT2D eigenvalue weighted by atomic mass is 10.2. The van der Waals surface area contributed by atoms with E-state index in [9.17, 15) is 4.79 Å². The van der Waals surface area contributed by atoms with E-state index in [2.05, 4.69) is 33.9 Å². The van der Waals surface area contributed by atoms with Crippen LogP contribution in [-0.4, -0.2) is 43.6 Å². The molecule has 4 nitrogen and oxygen atoms in total. The predicted octanol–water partition coefficient (Wildman–Crippen LogP) is 2.37. The molecule has 1 saturated heterocycles. The quantitative estimate of drug-likeness (QED) is 0.599. The van der Waals surface area contributed by atoms with E-state index in [1.165, 1.54) is 4.90 Å². The van der Waals surface area contributed by atoms with Crippen molar-refractivity contribution in [2.75, 3.05) is 13.2 Å². The van der Waals surface area contributed by atoms with E-state index in [4.69, 9.17) is 9.53 Å². The van der Waals surface area contributed by atoms with Crippen LogP contribution in [0.15, 0.2) is 0 Å². The fraction of sp³-hybridized carbons (Fsp3) is 0.900. The van der Waals surface area contributed by atoms with Gasteiger partial charge in [-0.2, -0.15) is 0 Å². The molecule has 1 atom stereocenters. The summed E-state index contributed by atoms with van der Waals surface area (Å²) >= 11 is 0. The Kier molecular flexibility index (Phi) is 3.16. The highest BCUT2D eigenvalue weighted by atomic mass is 28.4. The Morgan fingerprint density at radius 2 is 2.07 bits per heavy atom. The summed E-state index contributed by atoms with van der Waals surface area (Å²) in [6.07, 6.45) is -0.834. The van der Waals surface area contributed by atoms with Crippen LogP contribution in [0.25, 0.3) is 0 Å². The Balaban J connectivity index is 2.36. The van der Waals surface area contributed by atoms with Crippen LogP contribution in [0.2, 0.25) is 18.1 Å². The molecule has 0 aromatic heterocycles. The molecule has 1 fully saturated rings. The summed E-state index contributed by atoms with van der Waals surface area (Å²) in [6, 6.07) is 0.0941. The van der Waals surface area contributed by atoms with E-state index in [-0.39, 0.29) is 11.1 Å². The summed E-state index contributed by atoms with van der Waals surface area (Å²) in [5, 5.41) is 8.89. The van der Waals surface area contributed by atoms with Gasteiger partial charge in [-0.15, -0.1) is 0 Å². The second-order valence-electron chi connectivity index (χ2n) is 5.66. The minimum atomic E-state index is -1.71. The molecule has 1 aliphatic rings. The fourth-order valence-electron chi connectivity index (χ4n) is 1.08. The van der Waals surface area contributed by atoms with E-state index >= 15 is 0 Å². The second-order valence-corrected chi connectivity index (χ2v) is 10.5. The lowest BCUT2D eigenvalue weighted by molar-refractivity contribution is 0.171. The van der Waals surface area contributed by atoms with E-state index in [0.29, 0.717) is 13.2 Å². The molecule has 1 amide bonds. The van der Waals surface area contributed by atoms with Crippen molar-refractivity contribution < 1.29 is 14.3 Å². The average molecular weight is 231 g/mol. The summed E-state index contributed by atoms with van der Waals surface area (Å²) in [5.74, 6) is 0. The highest BCUT2D eigenvalue weighted by molar-refractivity contribution is 6.74. The minimum absolute atomic E-state index is 0.0941. The molecular weight excluding hydrogens is 210 g/mol. The van der Waals surface area contributed by atoms with Crippen molar-refractivity contribution in [1.29, 1.82) is 0 Å². The molecule has 0 saturated carbocycles. The first-order valence-corrected chi connectivity index (χ1v) is 8.19. The molecule has 1 aliphatic heterocycles. The zero-order chi connectivity index (χ0) is 11.9. The van der Waals surface area contributed by atoms with E-state index in [1.54, 1.807) is 0 Å². The molecule has 0 aromatic carbocycles. The highest BCUT2D eigenvalue weighted by Crippen LogP contribution is 2.37. The normalized spacial score (nSPS) is 21.7. The maximum Gasteiger partial charge on any atom is 0.407 e. The molecule has 15 heavy (non-hydrogen) atoms. The molecule has 0 bridgehead atoms. The van der Waals surface area contributed by atoms with Crippen molar-refractivity contribution in [1.82, 2.24) is 4.90 Å². The van der Waals surface area contributed by atoms with Crippen LogP contribution < -0.4 is 0 Å². The molecule has 1 rings (SSSR count). The number of nitrogens with zero attached hydrogens (tertiary/aromatic N) is 1. The summed E-state index contributed by atoms with van der Waals surface area (Å²) < 4.78 is 5.93. The van der Waals surface area contributed by atoms with Gasteiger partial charge in [0.15, 0.2) is 8.32 Å². The van der Waals surface area contributed by atoms with Crippen molar-refractivity contribution in [2.24, 2.45) is 0 Å². The van der Waals surface area contributed by atoms with Gasteiger partial charge in [-0.1, -0.05) is 20.8 Å². The van der Waals surface area contributed by atoms with Gasteiger partial charge >= 0.3 is 6.09 Å². The van der Waals surface area contributed by atoms with Crippen molar-refractivity contribution in [3.8, 4) is 0 Å². The Morgan fingerprint density at radius 1 is 1.53 bits per heavy atom. The lowest BCUT2D eigenvalue weighted by Gasteiger charge is -2.36. The average Bonchev–Trinajstić information content (AvgIpc) is 2.77. The summed E-state index contributed by atoms with van der Waals surface area (Å²) in [7, 11) is -1.71. The topological polar surface area (TPSA) is 49.5 Å². The third kappa shape index (κ3) is 2.95. The zero-order valence-corrected chi connectivity index (χ0v) is 11.2. The zero-order valence-electron chi connectivity index (χ0n) is 10.2. The maximum atomic E-state index is 10.6. The van der Waals surface area contributed by atoms with Crippen LogP contribution in [0.3, 0.4) is 0 Å². The minimum Gasteiger partial charge on any atom is -0.465 e. The first-order chi connectivity index (χ1) is 6.65. The monoisotopic (exact) mass is 231 g/mol. The number of carboxylic acid groups (broad SMARTS) is 1. The van der Waals surface area contributed by atoms with Gasteiger partial charge in [0.25, 0.3) is 0 Å². The first-order valence-electron chi connectivity index (χ1n) is 5.29. The number of amides is 1. The predicted molar refractivity (Wildman–Crippen MR) is 61.7 cm³/mol. The van der Waals surface area contributed by atoms with E-state index in [1.807, 2.05) is 0 Å². The molecular formula is C10H21NO3Si. The van der Waals surface area contributed by atoms with Gasteiger partial charge in [0.1, 0.15) is 0 Å². The molecule has 1 N–H and O–H groups in total. The number of carbonyl (C=O) groups is 1. The molecule has 1 unspecified atom stereocenters. The number of hydrogen-bond donors (Lipinski definition) is 1. The van der Waals surface area contributed by atoms with Crippen LogP contribution in [0.5, 0.6) is 0 Å². The van der Waals surface area contributed by atoms with Gasteiger partial charge in [0.05, 0.1) is 12.6 Å². The number of rotatable bonds is 3. The molecule has 0 radical (unpaired) electrons. The third-order valence-corrected chi connectivity index (χ3v) is 7.90. The van der Waals surface area contributed by atoms with Crippen LogP contribution in [-0.2, 0) is 4.43 Å². The summed E-state index contributed by atoms with van der Waals surface area (Å²) in [6.45, 7) is 12.1. The molecule has 0 aliphatic carbocycles. The molecule has 5 heteroatoms. The SMILES string of the molecule is CC(C)(C)[Si](C)(C)OCC1CN1C(=O)O. The van der Waals surface area contributed by atoms with Gasteiger partial charge in [-0.3, -0.25) is 4.90 Å². The Morgan fingerprint density at radius 3 is 2.40 bits per heavy atom.